The van der Waals surface area contributed by atoms with Crippen molar-refractivity contribution in [3.63, 3.8) is 0 Å². The normalized spacial score (nSPS) is 13.0. The number of rotatable bonds is 5. The van der Waals surface area contributed by atoms with Crippen LogP contribution in [0.5, 0.6) is 0 Å². The number of hydrogen-bond acceptors (Lipinski definition) is 3. The molecule has 1 aliphatic heterocycles. The molecule has 0 aliphatic carbocycles. The first-order valence-corrected chi connectivity index (χ1v) is 8.61. The average molecular weight is 351 g/mol. The largest absolute Gasteiger partial charge is 0.350 e. The van der Waals surface area contributed by atoms with Crippen LogP contribution in [-0.4, -0.2) is 29.5 Å². The van der Waals surface area contributed by atoms with Gasteiger partial charge in [-0.3, -0.25) is 14.4 Å². The summed E-state index contributed by atoms with van der Waals surface area (Å²) in [5.41, 5.74) is 2.12. The molecule has 26 heavy (non-hydrogen) atoms. The second-order valence-electron chi connectivity index (χ2n) is 6.09. The Morgan fingerprint density at radius 2 is 2.04 bits per heavy atom. The third-order valence-electron chi connectivity index (χ3n) is 4.47. The van der Waals surface area contributed by atoms with Crippen LogP contribution in [0.15, 0.2) is 60.0 Å². The molecule has 1 aromatic heterocycles. The number of aromatic nitrogens is 1. The molecule has 0 spiro atoms. The molecule has 2 amide bonds. The molecule has 0 bridgehead atoms. The molecule has 2 aromatic rings. The van der Waals surface area contributed by atoms with E-state index in [1.54, 1.807) is 39.9 Å². The van der Waals surface area contributed by atoms with Crippen LogP contribution in [-0.2, 0) is 17.8 Å². The van der Waals surface area contributed by atoms with Crippen LogP contribution in [0.3, 0.4) is 0 Å². The van der Waals surface area contributed by atoms with Gasteiger partial charge in [0.25, 0.3) is 11.5 Å². The minimum absolute atomic E-state index is 0.0996. The number of anilines is 1. The maximum atomic E-state index is 12.6. The number of nitrogens with one attached hydrogen (secondary N) is 1. The van der Waals surface area contributed by atoms with Crippen molar-refractivity contribution in [1.29, 1.82) is 0 Å². The highest BCUT2D eigenvalue weighted by Gasteiger charge is 2.24. The van der Waals surface area contributed by atoms with E-state index in [0.29, 0.717) is 25.2 Å². The van der Waals surface area contributed by atoms with Gasteiger partial charge in [-0.1, -0.05) is 18.7 Å². The molecular formula is C20H21N3O3. The highest BCUT2D eigenvalue weighted by molar-refractivity contribution is 6.04. The molecule has 0 atom stereocenters. The summed E-state index contributed by atoms with van der Waals surface area (Å²) in [4.78, 5) is 38.0. The predicted molar refractivity (Wildman–Crippen MR) is 100 cm³/mol. The van der Waals surface area contributed by atoms with Crippen molar-refractivity contribution in [2.24, 2.45) is 0 Å². The SMILES string of the molecule is C=CC(=O)N1CCCc2c(C(=O)NCCn3ccccc3=O)cccc21. The highest BCUT2D eigenvalue weighted by atomic mass is 16.2. The summed E-state index contributed by atoms with van der Waals surface area (Å²) in [5, 5.41) is 2.86. The Hall–Kier alpha value is -3.15. The summed E-state index contributed by atoms with van der Waals surface area (Å²) in [6, 6.07) is 10.4. The zero-order valence-corrected chi connectivity index (χ0v) is 14.5. The van der Waals surface area contributed by atoms with Gasteiger partial charge in [0.15, 0.2) is 0 Å². The third-order valence-corrected chi connectivity index (χ3v) is 4.47. The lowest BCUT2D eigenvalue weighted by molar-refractivity contribution is -0.114. The molecule has 1 aromatic carbocycles. The molecule has 0 fully saturated rings. The molecule has 6 heteroatoms. The average Bonchev–Trinajstić information content (AvgIpc) is 2.67. The molecule has 0 unspecified atom stereocenters. The first kappa shape index (κ1) is 17.7. The summed E-state index contributed by atoms with van der Waals surface area (Å²) in [6.45, 7) is 4.92. The van der Waals surface area contributed by atoms with Crippen molar-refractivity contribution < 1.29 is 9.59 Å². The Labute approximate surface area is 151 Å². The maximum absolute atomic E-state index is 12.6. The second-order valence-corrected chi connectivity index (χ2v) is 6.09. The van der Waals surface area contributed by atoms with Crippen LogP contribution < -0.4 is 15.8 Å². The molecule has 0 saturated heterocycles. The number of nitrogens with zero attached hydrogens (tertiary/aromatic N) is 2. The summed E-state index contributed by atoms with van der Waals surface area (Å²) in [6.07, 6.45) is 4.53. The zero-order valence-electron chi connectivity index (χ0n) is 14.5. The third kappa shape index (κ3) is 3.59. The maximum Gasteiger partial charge on any atom is 0.251 e. The monoisotopic (exact) mass is 351 g/mol. The number of pyridine rings is 1. The number of fused-ring (bicyclic) bond motifs is 1. The van der Waals surface area contributed by atoms with Crippen LogP contribution in [0.4, 0.5) is 5.69 Å². The summed E-state index contributed by atoms with van der Waals surface area (Å²) in [7, 11) is 0. The highest BCUT2D eigenvalue weighted by Crippen LogP contribution is 2.30. The first-order chi connectivity index (χ1) is 12.6. The van der Waals surface area contributed by atoms with Gasteiger partial charge in [0.05, 0.1) is 0 Å². The van der Waals surface area contributed by atoms with Gasteiger partial charge in [0.2, 0.25) is 5.91 Å². The molecule has 0 radical (unpaired) electrons. The van der Waals surface area contributed by atoms with E-state index in [1.165, 1.54) is 12.1 Å². The molecule has 6 nitrogen and oxygen atoms in total. The number of carbonyl (C=O) groups is 2. The van der Waals surface area contributed by atoms with Crippen molar-refractivity contribution in [1.82, 2.24) is 9.88 Å². The second kappa shape index (κ2) is 7.82. The van der Waals surface area contributed by atoms with Crippen molar-refractivity contribution in [3.05, 3.63) is 76.7 Å². The molecule has 0 saturated carbocycles. The van der Waals surface area contributed by atoms with E-state index in [9.17, 15) is 14.4 Å². The topological polar surface area (TPSA) is 71.4 Å². The zero-order chi connectivity index (χ0) is 18.5. The molecular weight excluding hydrogens is 330 g/mol. The van der Waals surface area contributed by atoms with Crippen LogP contribution in [0.1, 0.15) is 22.3 Å². The number of amides is 2. The van der Waals surface area contributed by atoms with Gasteiger partial charge in [-0.2, -0.15) is 0 Å². The van der Waals surface area contributed by atoms with Crippen molar-refractivity contribution >= 4 is 17.5 Å². The van der Waals surface area contributed by atoms with E-state index in [2.05, 4.69) is 11.9 Å². The minimum atomic E-state index is -0.196. The lowest BCUT2D eigenvalue weighted by atomic mass is 9.95. The molecule has 3 rings (SSSR count). The fourth-order valence-electron chi connectivity index (χ4n) is 3.21. The molecule has 2 heterocycles. The summed E-state index contributed by atoms with van der Waals surface area (Å²) < 4.78 is 1.55. The van der Waals surface area contributed by atoms with Crippen LogP contribution >= 0.6 is 0 Å². The standard InChI is InChI=1S/C20H21N3O3/c1-2-18(24)23-13-6-8-15-16(7-5-9-17(15)23)20(26)21-11-14-22-12-4-3-10-19(22)25/h2-5,7,9-10,12H,1,6,8,11,13-14H2,(H,21,26). The van der Waals surface area contributed by atoms with E-state index in [1.807, 2.05) is 6.07 Å². The van der Waals surface area contributed by atoms with Gasteiger partial charge < -0.3 is 14.8 Å². The predicted octanol–water partition coefficient (Wildman–Crippen LogP) is 1.74. The molecule has 1 aliphatic rings. The van der Waals surface area contributed by atoms with E-state index in [0.717, 1.165) is 24.1 Å². The lowest BCUT2D eigenvalue weighted by Crippen LogP contribution is -2.36. The Bertz CT molecular complexity index is 901. The Kier molecular flexibility index (Phi) is 5.31. The lowest BCUT2D eigenvalue weighted by Gasteiger charge is -2.29. The fraction of sp³-hybridized carbons (Fsp3) is 0.250. The Morgan fingerprint density at radius 3 is 2.81 bits per heavy atom. The summed E-state index contributed by atoms with van der Waals surface area (Å²) in [5.74, 6) is -0.356. The van der Waals surface area contributed by atoms with Crippen LogP contribution in [0.2, 0.25) is 0 Å². The van der Waals surface area contributed by atoms with Crippen LogP contribution in [0, 0.1) is 0 Å². The Balaban J connectivity index is 1.74. The van der Waals surface area contributed by atoms with Crippen molar-refractivity contribution in [3.8, 4) is 0 Å². The summed E-state index contributed by atoms with van der Waals surface area (Å²) >= 11 is 0. The van der Waals surface area contributed by atoms with Gasteiger partial charge in [-0.15, -0.1) is 0 Å². The van der Waals surface area contributed by atoms with E-state index in [-0.39, 0.29) is 17.4 Å². The number of hydrogen-bond donors (Lipinski definition) is 1. The Morgan fingerprint density at radius 1 is 1.19 bits per heavy atom. The molecule has 1 N–H and O–H groups in total. The van der Waals surface area contributed by atoms with E-state index < -0.39 is 0 Å². The van der Waals surface area contributed by atoms with E-state index >= 15 is 0 Å². The van der Waals surface area contributed by atoms with Gasteiger partial charge >= 0.3 is 0 Å². The van der Waals surface area contributed by atoms with Crippen molar-refractivity contribution in [2.75, 3.05) is 18.0 Å². The van der Waals surface area contributed by atoms with Crippen LogP contribution in [0.25, 0.3) is 0 Å². The van der Waals surface area contributed by atoms with Gasteiger partial charge in [-0.25, -0.2) is 0 Å². The van der Waals surface area contributed by atoms with Gasteiger partial charge in [0.1, 0.15) is 0 Å². The van der Waals surface area contributed by atoms with Gasteiger partial charge in [-0.05, 0) is 42.7 Å². The molecule has 134 valence electrons. The van der Waals surface area contributed by atoms with Gasteiger partial charge in [0, 0.05) is 43.1 Å². The quantitative estimate of drug-likeness (QED) is 0.834. The van der Waals surface area contributed by atoms with E-state index in [4.69, 9.17) is 0 Å². The number of benzene rings is 1. The number of carbonyl (C=O) groups excluding carboxylic acids is 2. The minimum Gasteiger partial charge on any atom is -0.350 e. The van der Waals surface area contributed by atoms with Crippen molar-refractivity contribution in [2.45, 2.75) is 19.4 Å². The fourth-order valence-corrected chi connectivity index (χ4v) is 3.21. The first-order valence-electron chi connectivity index (χ1n) is 8.61. The smallest absolute Gasteiger partial charge is 0.251 e.